The summed E-state index contributed by atoms with van der Waals surface area (Å²) in [6.07, 6.45) is 1.66. The highest BCUT2D eigenvalue weighted by Gasteiger charge is 2.16. The molecule has 0 radical (unpaired) electrons. The lowest BCUT2D eigenvalue weighted by Crippen LogP contribution is -2.33. The van der Waals surface area contributed by atoms with Crippen molar-refractivity contribution in [2.45, 2.75) is 6.42 Å². The van der Waals surface area contributed by atoms with Gasteiger partial charge in [-0.25, -0.2) is 18.1 Å². The molecule has 2 rings (SSSR count). The monoisotopic (exact) mass is 367 g/mol. The molecule has 126 valence electrons. The van der Waals surface area contributed by atoms with Gasteiger partial charge >= 0.3 is 0 Å². The number of nitrogens with zero attached hydrogens (tertiary/aromatic N) is 1. The third kappa shape index (κ3) is 5.04. The second-order valence-corrected chi connectivity index (χ2v) is 7.16. The summed E-state index contributed by atoms with van der Waals surface area (Å²) < 4.78 is 25.9. The number of hydrogen-bond acceptors (Lipinski definition) is 5. The van der Waals surface area contributed by atoms with Gasteiger partial charge in [-0.15, -0.1) is 0 Å². The molecule has 0 spiro atoms. The number of aromatic nitrogens is 1. The Balaban J connectivity index is 1.98. The topological polar surface area (TPSA) is 119 Å². The Morgan fingerprint density at radius 2 is 1.71 bits per heavy atom. The molecule has 0 atom stereocenters. The Morgan fingerprint density at radius 1 is 1.08 bits per heavy atom. The van der Waals surface area contributed by atoms with Gasteiger partial charge in [-0.05, 0) is 42.3 Å². The second-order valence-electron chi connectivity index (χ2n) is 4.93. The van der Waals surface area contributed by atoms with E-state index in [1.807, 2.05) is 4.72 Å². The molecular weight excluding hydrogens is 354 g/mol. The van der Waals surface area contributed by atoms with Crippen molar-refractivity contribution in [3.05, 3.63) is 64.4 Å². The number of aryl methyl sites for hydroxylation is 1. The highest BCUT2D eigenvalue weighted by Crippen LogP contribution is 2.08. The fourth-order valence-corrected chi connectivity index (χ4v) is 2.96. The lowest BCUT2D eigenvalue weighted by atomic mass is 10.1. The number of amides is 2. The first-order valence-corrected chi connectivity index (χ1v) is 8.85. The number of hydrogen-bond donors (Lipinski definition) is 2. The van der Waals surface area contributed by atoms with Gasteiger partial charge < -0.3 is 5.73 Å². The summed E-state index contributed by atoms with van der Waals surface area (Å²) in [6.45, 7) is 0. The van der Waals surface area contributed by atoms with Crippen LogP contribution in [0, 0.1) is 0 Å². The van der Waals surface area contributed by atoms with Gasteiger partial charge in [0.05, 0.1) is 5.75 Å². The van der Waals surface area contributed by atoms with Gasteiger partial charge in [0.2, 0.25) is 15.9 Å². The Bertz CT molecular complexity index is 849. The molecule has 0 fully saturated rings. The minimum atomic E-state index is -3.82. The summed E-state index contributed by atoms with van der Waals surface area (Å²) in [5.41, 5.74) is 6.12. The van der Waals surface area contributed by atoms with Gasteiger partial charge in [0.15, 0.2) is 0 Å². The lowest BCUT2D eigenvalue weighted by molar-refractivity contribution is 0.0975. The Labute approximate surface area is 143 Å². The summed E-state index contributed by atoms with van der Waals surface area (Å²) in [6, 6.07) is 8.58. The standard InChI is InChI=1S/C15H14ClN3O4S/c16-13-6-1-10(9-18-13)7-8-24(22,23)19-15(21)12-4-2-11(3-5-12)14(17)20/h1-6,9H,7-8H2,(H2,17,20)(H,19,21). The number of nitrogens with two attached hydrogens (primary N) is 1. The van der Waals surface area contributed by atoms with E-state index in [1.54, 1.807) is 12.1 Å². The zero-order valence-corrected chi connectivity index (χ0v) is 14.0. The number of carbonyl (C=O) groups is 2. The van der Waals surface area contributed by atoms with Gasteiger partial charge in [-0.1, -0.05) is 17.7 Å². The van der Waals surface area contributed by atoms with Gasteiger partial charge in [-0.2, -0.15) is 0 Å². The zero-order valence-electron chi connectivity index (χ0n) is 12.4. The largest absolute Gasteiger partial charge is 0.366 e. The molecule has 7 nitrogen and oxygen atoms in total. The van der Waals surface area contributed by atoms with Crippen molar-refractivity contribution in [2.24, 2.45) is 5.73 Å². The fourth-order valence-electron chi connectivity index (χ4n) is 1.84. The van der Waals surface area contributed by atoms with E-state index in [9.17, 15) is 18.0 Å². The number of sulfonamides is 1. The molecule has 1 heterocycles. The van der Waals surface area contributed by atoms with Gasteiger partial charge in [0.1, 0.15) is 5.15 Å². The summed E-state index contributed by atoms with van der Waals surface area (Å²) >= 11 is 5.65. The predicted octanol–water partition coefficient (Wildman–Crippen LogP) is 1.14. The number of halogens is 1. The summed E-state index contributed by atoms with van der Waals surface area (Å²) in [4.78, 5) is 26.8. The number of benzene rings is 1. The van der Waals surface area contributed by atoms with Crippen LogP contribution < -0.4 is 10.5 Å². The molecule has 0 aliphatic rings. The first-order valence-electron chi connectivity index (χ1n) is 6.82. The van der Waals surface area contributed by atoms with Crippen LogP contribution in [0.5, 0.6) is 0 Å². The molecule has 0 unspecified atom stereocenters. The van der Waals surface area contributed by atoms with E-state index in [4.69, 9.17) is 17.3 Å². The van der Waals surface area contributed by atoms with Crippen molar-refractivity contribution >= 4 is 33.4 Å². The molecule has 3 N–H and O–H groups in total. The van der Waals surface area contributed by atoms with Crippen LogP contribution in [0.1, 0.15) is 26.3 Å². The average Bonchev–Trinajstić information content (AvgIpc) is 2.54. The fraction of sp³-hybridized carbons (Fsp3) is 0.133. The minimum absolute atomic E-state index is 0.108. The van der Waals surface area contributed by atoms with E-state index in [1.165, 1.54) is 30.5 Å². The normalized spacial score (nSPS) is 11.0. The molecule has 0 aliphatic carbocycles. The van der Waals surface area contributed by atoms with Crippen molar-refractivity contribution in [1.29, 1.82) is 0 Å². The maximum Gasteiger partial charge on any atom is 0.264 e. The predicted molar refractivity (Wildman–Crippen MR) is 89.2 cm³/mol. The summed E-state index contributed by atoms with van der Waals surface area (Å²) in [5.74, 6) is -1.69. The Hall–Kier alpha value is -2.45. The average molecular weight is 368 g/mol. The summed E-state index contributed by atoms with van der Waals surface area (Å²) in [5, 5.41) is 0.314. The molecule has 24 heavy (non-hydrogen) atoms. The van der Waals surface area contributed by atoms with Crippen molar-refractivity contribution < 1.29 is 18.0 Å². The van der Waals surface area contributed by atoms with E-state index < -0.39 is 21.8 Å². The van der Waals surface area contributed by atoms with Crippen LogP contribution in [0.3, 0.4) is 0 Å². The number of primary amides is 1. The van der Waals surface area contributed by atoms with Gasteiger partial charge in [0, 0.05) is 17.3 Å². The van der Waals surface area contributed by atoms with Crippen molar-refractivity contribution in [1.82, 2.24) is 9.71 Å². The molecule has 0 aliphatic heterocycles. The minimum Gasteiger partial charge on any atom is -0.366 e. The molecule has 1 aromatic carbocycles. The van der Waals surface area contributed by atoms with Crippen molar-refractivity contribution in [3.63, 3.8) is 0 Å². The summed E-state index contributed by atoms with van der Waals surface area (Å²) in [7, 11) is -3.82. The lowest BCUT2D eigenvalue weighted by Gasteiger charge is -2.07. The second kappa shape index (κ2) is 7.41. The highest BCUT2D eigenvalue weighted by atomic mass is 35.5. The molecule has 2 aromatic rings. The highest BCUT2D eigenvalue weighted by molar-refractivity contribution is 7.90. The molecule has 0 bridgehead atoms. The van der Waals surface area contributed by atoms with E-state index in [0.717, 1.165) is 0 Å². The van der Waals surface area contributed by atoms with Crippen LogP contribution in [0.15, 0.2) is 42.6 Å². The number of rotatable bonds is 6. The maximum atomic E-state index is 12.0. The van der Waals surface area contributed by atoms with Gasteiger partial charge in [0.25, 0.3) is 5.91 Å². The first kappa shape index (κ1) is 17.9. The van der Waals surface area contributed by atoms with Crippen LogP contribution in [0.4, 0.5) is 0 Å². The number of pyridine rings is 1. The molecule has 2 amide bonds. The first-order chi connectivity index (χ1) is 11.3. The quantitative estimate of drug-likeness (QED) is 0.742. The van der Waals surface area contributed by atoms with E-state index in [0.29, 0.717) is 10.7 Å². The van der Waals surface area contributed by atoms with Crippen LogP contribution in [-0.2, 0) is 16.4 Å². The van der Waals surface area contributed by atoms with E-state index in [2.05, 4.69) is 4.98 Å². The van der Waals surface area contributed by atoms with Crippen LogP contribution in [0.2, 0.25) is 5.15 Å². The van der Waals surface area contributed by atoms with Crippen LogP contribution in [-0.4, -0.2) is 31.0 Å². The smallest absolute Gasteiger partial charge is 0.264 e. The van der Waals surface area contributed by atoms with Crippen LogP contribution >= 0.6 is 11.6 Å². The number of nitrogens with one attached hydrogen (secondary N) is 1. The Morgan fingerprint density at radius 3 is 2.25 bits per heavy atom. The third-order valence-corrected chi connectivity index (χ3v) is 4.59. The Kier molecular flexibility index (Phi) is 5.53. The molecule has 0 saturated carbocycles. The molecule has 1 aromatic heterocycles. The SMILES string of the molecule is NC(=O)c1ccc(C(=O)NS(=O)(=O)CCc2ccc(Cl)nc2)cc1. The van der Waals surface area contributed by atoms with E-state index in [-0.39, 0.29) is 23.3 Å². The zero-order chi connectivity index (χ0) is 17.7. The van der Waals surface area contributed by atoms with Crippen molar-refractivity contribution in [2.75, 3.05) is 5.75 Å². The molecule has 9 heteroatoms. The van der Waals surface area contributed by atoms with Gasteiger partial charge in [-0.3, -0.25) is 9.59 Å². The van der Waals surface area contributed by atoms with E-state index >= 15 is 0 Å². The van der Waals surface area contributed by atoms with Crippen molar-refractivity contribution in [3.8, 4) is 0 Å². The van der Waals surface area contributed by atoms with Crippen LogP contribution in [0.25, 0.3) is 0 Å². The molecule has 0 saturated heterocycles. The maximum absolute atomic E-state index is 12.0. The molecular formula is C15H14ClN3O4S. The number of carbonyl (C=O) groups excluding carboxylic acids is 2. The third-order valence-electron chi connectivity index (χ3n) is 3.13.